The molecule has 0 aliphatic carbocycles. The average Bonchev–Trinajstić information content (AvgIpc) is 2.83. The molecule has 0 unspecified atom stereocenters. The number of carbonyl (C=O) groups excluding carboxylic acids is 2. The maximum absolute atomic E-state index is 13.6. The lowest BCUT2D eigenvalue weighted by atomic mass is 10.1. The zero-order valence-electron chi connectivity index (χ0n) is 19.9. The molecule has 0 radical (unpaired) electrons. The van der Waals surface area contributed by atoms with Crippen molar-refractivity contribution in [1.82, 2.24) is 14.5 Å². The molecule has 9 heteroatoms. The summed E-state index contributed by atoms with van der Waals surface area (Å²) in [7, 11) is 0. The van der Waals surface area contributed by atoms with Crippen LogP contribution in [0.15, 0.2) is 47.3 Å². The summed E-state index contributed by atoms with van der Waals surface area (Å²) in [6.45, 7) is 6.00. The molecular weight excluding hydrogens is 451 g/mol. The highest BCUT2D eigenvalue weighted by atomic mass is 19.1. The van der Waals surface area contributed by atoms with E-state index in [0.29, 0.717) is 35.5 Å². The van der Waals surface area contributed by atoms with E-state index in [1.54, 1.807) is 6.92 Å². The number of carbonyl (C=O) groups is 2. The van der Waals surface area contributed by atoms with E-state index in [1.807, 2.05) is 32.0 Å². The molecule has 0 fully saturated rings. The molecule has 0 saturated heterocycles. The van der Waals surface area contributed by atoms with Gasteiger partial charge in [-0.05, 0) is 63.1 Å². The number of anilines is 1. The number of ether oxygens (including phenoxy) is 1. The van der Waals surface area contributed by atoms with Crippen molar-refractivity contribution in [2.75, 3.05) is 18.5 Å². The second-order valence-corrected chi connectivity index (χ2v) is 8.50. The van der Waals surface area contributed by atoms with Gasteiger partial charge in [0, 0.05) is 23.4 Å². The van der Waals surface area contributed by atoms with E-state index in [9.17, 15) is 18.8 Å². The second kappa shape index (κ2) is 10.1. The van der Waals surface area contributed by atoms with Crippen LogP contribution >= 0.6 is 0 Å². The maximum Gasteiger partial charge on any atom is 0.410 e. The highest BCUT2D eigenvalue weighted by Crippen LogP contribution is 2.22. The third kappa shape index (κ3) is 5.24. The number of aromatic nitrogens is 2. The minimum Gasteiger partial charge on any atom is -0.450 e. The smallest absolute Gasteiger partial charge is 0.410 e. The topological polar surface area (TPSA) is 93.5 Å². The fourth-order valence-corrected chi connectivity index (χ4v) is 4.15. The summed E-state index contributed by atoms with van der Waals surface area (Å²) in [4.78, 5) is 44.8. The van der Waals surface area contributed by atoms with Crippen molar-refractivity contribution >= 4 is 17.7 Å². The van der Waals surface area contributed by atoms with Crippen LogP contribution in [0.4, 0.5) is 14.9 Å². The van der Waals surface area contributed by atoms with E-state index < -0.39 is 11.9 Å². The van der Waals surface area contributed by atoms with E-state index in [4.69, 9.17) is 4.74 Å². The molecule has 4 rings (SSSR count). The largest absolute Gasteiger partial charge is 0.450 e. The normalized spacial score (nSPS) is 12.7. The first-order valence-corrected chi connectivity index (χ1v) is 11.4. The van der Waals surface area contributed by atoms with E-state index in [-0.39, 0.29) is 37.0 Å². The molecule has 2 amide bonds. The number of aryl methyl sites for hydroxylation is 2. The first kappa shape index (κ1) is 24.1. The summed E-state index contributed by atoms with van der Waals surface area (Å²) in [5.41, 5.74) is 3.67. The number of amides is 2. The minimum atomic E-state index is -0.472. The Morgan fingerprint density at radius 3 is 2.57 bits per heavy atom. The number of benzene rings is 2. The SMILES string of the molecule is CCOC(=O)N1CCc2c(nc(-c3ccc(F)cc3)n(CC(=O)Nc3ccc(C)cc3C)c2=O)C1. The molecule has 2 heterocycles. The van der Waals surface area contributed by atoms with Gasteiger partial charge < -0.3 is 15.0 Å². The third-order valence-corrected chi connectivity index (χ3v) is 5.91. The number of hydrogen-bond donors (Lipinski definition) is 1. The van der Waals surface area contributed by atoms with Gasteiger partial charge >= 0.3 is 6.09 Å². The minimum absolute atomic E-state index is 0.118. The van der Waals surface area contributed by atoms with Crippen LogP contribution in [0, 0.1) is 19.7 Å². The Morgan fingerprint density at radius 1 is 1.14 bits per heavy atom. The van der Waals surface area contributed by atoms with Crippen LogP contribution in [0.25, 0.3) is 11.4 Å². The molecule has 8 nitrogen and oxygen atoms in total. The standard InChI is InChI=1S/C26H27FN4O4/c1-4-35-26(34)30-12-11-20-22(14-30)29-24(18-6-8-19(27)9-7-18)31(25(20)33)15-23(32)28-21-10-5-16(2)13-17(21)3/h5-10,13H,4,11-12,14-15H2,1-3H3,(H,28,32). The first-order valence-electron chi connectivity index (χ1n) is 11.4. The molecule has 1 aromatic heterocycles. The van der Waals surface area contributed by atoms with E-state index >= 15 is 0 Å². The molecular formula is C26H27FN4O4. The predicted octanol–water partition coefficient (Wildman–Crippen LogP) is 3.82. The van der Waals surface area contributed by atoms with Crippen LogP contribution in [0.2, 0.25) is 0 Å². The molecule has 182 valence electrons. The van der Waals surface area contributed by atoms with Crippen molar-refractivity contribution in [2.45, 2.75) is 40.3 Å². The van der Waals surface area contributed by atoms with Gasteiger partial charge in [0.25, 0.3) is 5.56 Å². The second-order valence-electron chi connectivity index (χ2n) is 8.50. The summed E-state index contributed by atoms with van der Waals surface area (Å²) in [5.74, 6) is -0.579. The van der Waals surface area contributed by atoms with Crippen LogP contribution in [-0.2, 0) is 29.0 Å². The molecule has 35 heavy (non-hydrogen) atoms. The Kier molecular flexibility index (Phi) is 6.95. The zero-order chi connectivity index (χ0) is 25.1. The lowest BCUT2D eigenvalue weighted by Gasteiger charge is -2.28. The zero-order valence-corrected chi connectivity index (χ0v) is 19.9. The quantitative estimate of drug-likeness (QED) is 0.602. The molecule has 0 saturated carbocycles. The summed E-state index contributed by atoms with van der Waals surface area (Å²) in [6.07, 6.45) is -0.178. The number of nitrogens with zero attached hydrogens (tertiary/aromatic N) is 3. The van der Waals surface area contributed by atoms with Crippen molar-refractivity contribution in [3.63, 3.8) is 0 Å². The summed E-state index contributed by atoms with van der Waals surface area (Å²) in [5, 5.41) is 2.86. The van der Waals surface area contributed by atoms with Crippen LogP contribution in [0.5, 0.6) is 0 Å². The van der Waals surface area contributed by atoms with Gasteiger partial charge in [-0.2, -0.15) is 0 Å². The van der Waals surface area contributed by atoms with Crippen LogP contribution in [0.1, 0.15) is 29.3 Å². The molecule has 1 aliphatic heterocycles. The highest BCUT2D eigenvalue weighted by Gasteiger charge is 2.27. The predicted molar refractivity (Wildman–Crippen MR) is 130 cm³/mol. The van der Waals surface area contributed by atoms with Gasteiger partial charge in [0.15, 0.2) is 0 Å². The van der Waals surface area contributed by atoms with Crippen LogP contribution < -0.4 is 10.9 Å². The van der Waals surface area contributed by atoms with Crippen molar-refractivity contribution in [2.24, 2.45) is 0 Å². The van der Waals surface area contributed by atoms with Crippen molar-refractivity contribution < 1.29 is 18.7 Å². The van der Waals surface area contributed by atoms with Crippen molar-refractivity contribution in [3.8, 4) is 11.4 Å². The highest BCUT2D eigenvalue weighted by molar-refractivity contribution is 5.91. The van der Waals surface area contributed by atoms with Gasteiger partial charge in [0.05, 0.1) is 18.8 Å². The van der Waals surface area contributed by atoms with Crippen LogP contribution in [-0.4, -0.2) is 39.6 Å². The summed E-state index contributed by atoms with van der Waals surface area (Å²) in [6, 6.07) is 11.2. The molecule has 1 aliphatic rings. The number of fused-ring (bicyclic) bond motifs is 1. The number of halogens is 1. The maximum atomic E-state index is 13.6. The van der Waals surface area contributed by atoms with E-state index in [0.717, 1.165) is 11.1 Å². The third-order valence-electron chi connectivity index (χ3n) is 5.91. The fraction of sp³-hybridized carbons (Fsp3) is 0.308. The summed E-state index contributed by atoms with van der Waals surface area (Å²) >= 11 is 0. The molecule has 3 aromatic rings. The van der Waals surface area contributed by atoms with Crippen molar-refractivity contribution in [1.29, 1.82) is 0 Å². The molecule has 0 spiro atoms. The Morgan fingerprint density at radius 2 is 1.89 bits per heavy atom. The monoisotopic (exact) mass is 478 g/mol. The number of rotatable bonds is 5. The molecule has 2 aromatic carbocycles. The van der Waals surface area contributed by atoms with E-state index in [1.165, 1.54) is 33.7 Å². The van der Waals surface area contributed by atoms with E-state index in [2.05, 4.69) is 10.3 Å². The van der Waals surface area contributed by atoms with Gasteiger partial charge in [0.1, 0.15) is 18.2 Å². The lowest BCUT2D eigenvalue weighted by molar-refractivity contribution is -0.116. The number of nitrogens with one attached hydrogen (secondary N) is 1. The Balaban J connectivity index is 1.71. The molecule has 1 N–H and O–H groups in total. The van der Waals surface area contributed by atoms with Gasteiger partial charge in [-0.15, -0.1) is 0 Å². The average molecular weight is 479 g/mol. The Hall–Kier alpha value is -4.01. The lowest BCUT2D eigenvalue weighted by Crippen LogP contribution is -2.42. The van der Waals surface area contributed by atoms with Gasteiger partial charge in [-0.3, -0.25) is 14.2 Å². The van der Waals surface area contributed by atoms with Gasteiger partial charge in [-0.25, -0.2) is 14.2 Å². The van der Waals surface area contributed by atoms with Crippen LogP contribution in [0.3, 0.4) is 0 Å². The molecule has 0 atom stereocenters. The van der Waals surface area contributed by atoms with Crippen molar-refractivity contribution in [3.05, 3.63) is 81.0 Å². The number of hydrogen-bond acceptors (Lipinski definition) is 5. The summed E-state index contributed by atoms with van der Waals surface area (Å²) < 4.78 is 20.0. The fourth-order valence-electron chi connectivity index (χ4n) is 4.15. The Labute approximate surface area is 202 Å². The molecule has 0 bridgehead atoms. The van der Waals surface area contributed by atoms with Gasteiger partial charge in [0.2, 0.25) is 5.91 Å². The Bertz CT molecular complexity index is 1330. The van der Waals surface area contributed by atoms with Gasteiger partial charge in [-0.1, -0.05) is 17.7 Å². The first-order chi connectivity index (χ1) is 16.8.